The highest BCUT2D eigenvalue weighted by Gasteiger charge is 2.12. The lowest BCUT2D eigenvalue weighted by atomic mass is 10.2. The first-order valence-corrected chi connectivity index (χ1v) is 5.62. The van der Waals surface area contributed by atoms with E-state index in [1.165, 1.54) is 0 Å². The van der Waals surface area contributed by atoms with Crippen LogP contribution in [0.2, 0.25) is 0 Å². The molecule has 1 atom stereocenters. The largest absolute Gasteiger partial charge is 0.386 e. The van der Waals surface area contributed by atoms with Gasteiger partial charge in [0.15, 0.2) is 0 Å². The molecule has 0 bridgehead atoms. The molecule has 5 nitrogen and oxygen atoms in total. The van der Waals surface area contributed by atoms with E-state index in [-0.39, 0.29) is 5.91 Å². The standard InChI is InChI=1S/C12H20N4O/c1-9(16(3)4)7-15-12(17)10-5-6-14-8-11(10)13-2/h5-6,8-9,13H,7H2,1-4H3,(H,15,17). The summed E-state index contributed by atoms with van der Waals surface area (Å²) in [7, 11) is 5.75. The summed E-state index contributed by atoms with van der Waals surface area (Å²) in [5.74, 6) is -0.0783. The lowest BCUT2D eigenvalue weighted by Gasteiger charge is -2.20. The van der Waals surface area contributed by atoms with Crippen LogP contribution in [0, 0.1) is 0 Å². The first-order valence-electron chi connectivity index (χ1n) is 5.62. The second-order valence-electron chi connectivity index (χ2n) is 4.19. The fraction of sp³-hybridized carbons (Fsp3) is 0.500. The average molecular weight is 236 g/mol. The van der Waals surface area contributed by atoms with Gasteiger partial charge >= 0.3 is 0 Å². The number of hydrogen-bond donors (Lipinski definition) is 2. The molecular formula is C12H20N4O. The van der Waals surface area contributed by atoms with Crippen molar-refractivity contribution in [2.75, 3.05) is 33.0 Å². The molecule has 0 saturated heterocycles. The van der Waals surface area contributed by atoms with E-state index in [4.69, 9.17) is 0 Å². The van der Waals surface area contributed by atoms with Crippen LogP contribution in [0.15, 0.2) is 18.5 Å². The zero-order valence-corrected chi connectivity index (χ0v) is 10.8. The fourth-order valence-electron chi connectivity index (χ4n) is 1.31. The van der Waals surface area contributed by atoms with Crippen LogP contribution in [0.1, 0.15) is 17.3 Å². The minimum atomic E-state index is -0.0783. The molecule has 0 saturated carbocycles. The predicted octanol–water partition coefficient (Wildman–Crippen LogP) is 0.803. The van der Waals surface area contributed by atoms with Crippen molar-refractivity contribution in [2.45, 2.75) is 13.0 Å². The molecule has 1 amide bonds. The quantitative estimate of drug-likeness (QED) is 0.794. The minimum Gasteiger partial charge on any atom is -0.386 e. The number of nitrogens with one attached hydrogen (secondary N) is 2. The van der Waals surface area contributed by atoms with Crippen LogP contribution in [0.5, 0.6) is 0 Å². The van der Waals surface area contributed by atoms with E-state index >= 15 is 0 Å². The van der Waals surface area contributed by atoms with Gasteiger partial charge in [-0.1, -0.05) is 0 Å². The van der Waals surface area contributed by atoms with Crippen LogP contribution in [-0.2, 0) is 0 Å². The van der Waals surface area contributed by atoms with Crippen molar-refractivity contribution >= 4 is 11.6 Å². The molecular weight excluding hydrogens is 216 g/mol. The van der Waals surface area contributed by atoms with Gasteiger partial charge in [-0.25, -0.2) is 0 Å². The van der Waals surface area contributed by atoms with E-state index in [0.29, 0.717) is 18.2 Å². The summed E-state index contributed by atoms with van der Waals surface area (Å²) < 4.78 is 0. The van der Waals surface area contributed by atoms with E-state index in [1.807, 2.05) is 14.1 Å². The number of pyridine rings is 1. The van der Waals surface area contributed by atoms with Crippen LogP contribution < -0.4 is 10.6 Å². The lowest BCUT2D eigenvalue weighted by Crippen LogP contribution is -2.38. The zero-order valence-electron chi connectivity index (χ0n) is 10.8. The Morgan fingerprint density at radius 2 is 2.24 bits per heavy atom. The maximum atomic E-state index is 12.0. The van der Waals surface area contributed by atoms with Gasteiger partial charge < -0.3 is 15.5 Å². The van der Waals surface area contributed by atoms with Crippen LogP contribution in [-0.4, -0.2) is 49.5 Å². The highest BCUT2D eigenvalue weighted by molar-refractivity contribution is 5.99. The Hall–Kier alpha value is -1.62. The number of likely N-dealkylation sites (N-methyl/N-ethyl adjacent to an activating group) is 1. The molecule has 0 aromatic carbocycles. The fourth-order valence-corrected chi connectivity index (χ4v) is 1.31. The lowest BCUT2D eigenvalue weighted by molar-refractivity contribution is 0.0944. The van der Waals surface area contributed by atoms with Gasteiger partial charge in [-0.2, -0.15) is 0 Å². The van der Waals surface area contributed by atoms with E-state index in [9.17, 15) is 4.79 Å². The zero-order chi connectivity index (χ0) is 12.8. The van der Waals surface area contributed by atoms with Crippen molar-refractivity contribution in [1.29, 1.82) is 0 Å². The molecule has 0 fully saturated rings. The highest BCUT2D eigenvalue weighted by Crippen LogP contribution is 2.11. The molecule has 0 aliphatic rings. The number of anilines is 1. The van der Waals surface area contributed by atoms with Gasteiger partial charge in [0.2, 0.25) is 0 Å². The number of aromatic nitrogens is 1. The van der Waals surface area contributed by atoms with Crippen molar-refractivity contribution in [1.82, 2.24) is 15.2 Å². The maximum Gasteiger partial charge on any atom is 0.253 e. The summed E-state index contributed by atoms with van der Waals surface area (Å²) in [6, 6.07) is 2.01. The third-order valence-electron chi connectivity index (χ3n) is 2.77. The molecule has 0 radical (unpaired) electrons. The highest BCUT2D eigenvalue weighted by atomic mass is 16.1. The van der Waals surface area contributed by atoms with Crippen molar-refractivity contribution in [3.8, 4) is 0 Å². The molecule has 2 N–H and O–H groups in total. The Balaban J connectivity index is 2.64. The topological polar surface area (TPSA) is 57.3 Å². The number of hydrogen-bond acceptors (Lipinski definition) is 4. The molecule has 0 aliphatic heterocycles. The van der Waals surface area contributed by atoms with E-state index in [1.54, 1.807) is 25.5 Å². The van der Waals surface area contributed by atoms with Gasteiger partial charge in [-0.05, 0) is 27.1 Å². The molecule has 0 spiro atoms. The Morgan fingerprint density at radius 3 is 2.82 bits per heavy atom. The van der Waals surface area contributed by atoms with Crippen LogP contribution in [0.4, 0.5) is 5.69 Å². The third kappa shape index (κ3) is 3.71. The monoisotopic (exact) mass is 236 g/mol. The van der Waals surface area contributed by atoms with E-state index in [2.05, 4.69) is 27.4 Å². The second kappa shape index (κ2) is 6.20. The molecule has 1 aromatic rings. The second-order valence-corrected chi connectivity index (χ2v) is 4.19. The Morgan fingerprint density at radius 1 is 1.53 bits per heavy atom. The van der Waals surface area contributed by atoms with Gasteiger partial charge in [0.25, 0.3) is 5.91 Å². The van der Waals surface area contributed by atoms with E-state index in [0.717, 1.165) is 5.69 Å². The number of rotatable bonds is 5. The van der Waals surface area contributed by atoms with Gasteiger partial charge in [0, 0.05) is 25.8 Å². The average Bonchev–Trinajstić information content (AvgIpc) is 2.35. The van der Waals surface area contributed by atoms with Crippen molar-refractivity contribution < 1.29 is 4.79 Å². The smallest absolute Gasteiger partial charge is 0.253 e. The number of amides is 1. The molecule has 1 heterocycles. The number of carbonyl (C=O) groups excluding carboxylic acids is 1. The molecule has 0 aliphatic carbocycles. The normalized spacial score (nSPS) is 12.3. The Bertz CT molecular complexity index is 379. The van der Waals surface area contributed by atoms with E-state index < -0.39 is 0 Å². The Labute approximate surface area is 102 Å². The SMILES string of the molecule is CNc1cnccc1C(=O)NCC(C)N(C)C. The summed E-state index contributed by atoms with van der Waals surface area (Å²) in [5.41, 5.74) is 1.36. The van der Waals surface area contributed by atoms with Gasteiger partial charge in [0.05, 0.1) is 17.4 Å². The molecule has 1 aromatic heterocycles. The molecule has 1 rings (SSSR count). The number of carbonyl (C=O) groups is 1. The van der Waals surface area contributed by atoms with Gasteiger partial charge in [-0.3, -0.25) is 9.78 Å². The Kier molecular flexibility index (Phi) is 4.90. The molecule has 17 heavy (non-hydrogen) atoms. The first kappa shape index (κ1) is 13.4. The molecule has 94 valence electrons. The maximum absolute atomic E-state index is 12.0. The van der Waals surface area contributed by atoms with Crippen LogP contribution >= 0.6 is 0 Å². The summed E-state index contributed by atoms with van der Waals surface area (Å²) in [6.07, 6.45) is 3.26. The summed E-state index contributed by atoms with van der Waals surface area (Å²) >= 11 is 0. The predicted molar refractivity (Wildman–Crippen MR) is 69.3 cm³/mol. The summed E-state index contributed by atoms with van der Waals surface area (Å²) in [4.78, 5) is 18.0. The summed E-state index contributed by atoms with van der Waals surface area (Å²) in [5, 5.41) is 5.86. The third-order valence-corrected chi connectivity index (χ3v) is 2.77. The van der Waals surface area contributed by atoms with Crippen molar-refractivity contribution in [2.24, 2.45) is 0 Å². The number of nitrogens with zero attached hydrogens (tertiary/aromatic N) is 2. The summed E-state index contributed by atoms with van der Waals surface area (Å²) in [6.45, 7) is 2.68. The van der Waals surface area contributed by atoms with Gasteiger partial charge in [-0.15, -0.1) is 0 Å². The van der Waals surface area contributed by atoms with Crippen LogP contribution in [0.25, 0.3) is 0 Å². The molecule has 1 unspecified atom stereocenters. The first-order chi connectivity index (χ1) is 8.06. The van der Waals surface area contributed by atoms with Gasteiger partial charge in [0.1, 0.15) is 0 Å². The van der Waals surface area contributed by atoms with Crippen LogP contribution in [0.3, 0.4) is 0 Å². The molecule has 5 heteroatoms. The van der Waals surface area contributed by atoms with Crippen molar-refractivity contribution in [3.63, 3.8) is 0 Å². The minimum absolute atomic E-state index is 0.0783. The van der Waals surface area contributed by atoms with Crippen molar-refractivity contribution in [3.05, 3.63) is 24.0 Å².